The van der Waals surface area contributed by atoms with Gasteiger partial charge in [0, 0.05) is 18.5 Å². The minimum Gasteiger partial charge on any atom is -0.352 e. The summed E-state index contributed by atoms with van der Waals surface area (Å²) in [6.07, 6.45) is 5.08. The lowest BCUT2D eigenvalue weighted by Gasteiger charge is -2.06. The summed E-state index contributed by atoms with van der Waals surface area (Å²) in [7, 11) is 0. The van der Waals surface area contributed by atoms with Crippen molar-refractivity contribution in [1.29, 1.82) is 0 Å². The number of hydrogen-bond donors (Lipinski definition) is 1. The number of nitrogens with one attached hydrogen (secondary N) is 1. The van der Waals surface area contributed by atoms with E-state index in [0.29, 0.717) is 34.5 Å². The summed E-state index contributed by atoms with van der Waals surface area (Å²) in [5, 5.41) is 3.70. The quantitative estimate of drug-likeness (QED) is 0.523. The van der Waals surface area contributed by atoms with Crippen LogP contribution >= 0.6 is 23.2 Å². The standard InChI is InChI=1S/C19H22Cl2FNO/c1-12(2)11-23-18(24)8-13(3)6-7-19(22)10-15(19)14-4-5-16(20)17(21)9-14/h4-9,12,15H,10-11H2,1-3H3,(H,23,24)/b7-6+,13-8+. The Balaban J connectivity index is 1.96. The van der Waals surface area contributed by atoms with Crippen molar-refractivity contribution >= 4 is 29.1 Å². The maximum atomic E-state index is 14.7. The Bertz CT molecular complexity index is 684. The number of carbonyl (C=O) groups is 1. The molecule has 0 aliphatic heterocycles. The lowest BCUT2D eigenvalue weighted by Crippen LogP contribution is -2.25. The molecule has 0 radical (unpaired) electrons. The van der Waals surface area contributed by atoms with E-state index in [4.69, 9.17) is 23.2 Å². The molecular weight excluding hydrogens is 348 g/mol. The highest BCUT2D eigenvalue weighted by molar-refractivity contribution is 6.42. The van der Waals surface area contributed by atoms with Gasteiger partial charge in [0.25, 0.3) is 0 Å². The zero-order chi connectivity index (χ0) is 17.9. The van der Waals surface area contributed by atoms with Gasteiger partial charge in [0.1, 0.15) is 5.67 Å². The van der Waals surface area contributed by atoms with Gasteiger partial charge in [0.05, 0.1) is 10.0 Å². The normalized spacial score (nSPS) is 23.8. The summed E-state index contributed by atoms with van der Waals surface area (Å²) < 4.78 is 14.7. The molecule has 2 unspecified atom stereocenters. The number of alkyl halides is 1. The molecule has 0 spiro atoms. The Morgan fingerprint density at radius 3 is 2.75 bits per heavy atom. The van der Waals surface area contributed by atoms with Crippen molar-refractivity contribution in [3.63, 3.8) is 0 Å². The van der Waals surface area contributed by atoms with E-state index in [1.807, 2.05) is 13.8 Å². The molecule has 1 fully saturated rings. The predicted molar refractivity (Wildman–Crippen MR) is 98.4 cm³/mol. The lowest BCUT2D eigenvalue weighted by atomic mass is 10.1. The highest BCUT2D eigenvalue weighted by atomic mass is 35.5. The number of carbonyl (C=O) groups excluding carboxylic acids is 1. The van der Waals surface area contributed by atoms with Gasteiger partial charge in [-0.2, -0.15) is 0 Å². The first-order chi connectivity index (χ1) is 11.2. The van der Waals surface area contributed by atoms with Crippen LogP contribution in [0.1, 0.15) is 38.7 Å². The smallest absolute Gasteiger partial charge is 0.244 e. The van der Waals surface area contributed by atoms with E-state index in [9.17, 15) is 9.18 Å². The Hall–Kier alpha value is -1.32. The van der Waals surface area contributed by atoms with Gasteiger partial charge in [-0.3, -0.25) is 4.79 Å². The number of allylic oxidation sites excluding steroid dienone is 3. The molecule has 1 saturated carbocycles. The van der Waals surface area contributed by atoms with Crippen LogP contribution in [0.2, 0.25) is 10.0 Å². The molecule has 1 amide bonds. The molecule has 1 aliphatic carbocycles. The third-order valence-corrected chi connectivity index (χ3v) is 4.69. The number of rotatable bonds is 6. The van der Waals surface area contributed by atoms with E-state index < -0.39 is 5.67 Å². The van der Waals surface area contributed by atoms with Crippen molar-refractivity contribution in [3.05, 3.63) is 57.6 Å². The van der Waals surface area contributed by atoms with Gasteiger partial charge in [0.15, 0.2) is 0 Å². The Morgan fingerprint density at radius 2 is 2.12 bits per heavy atom. The number of benzene rings is 1. The molecule has 24 heavy (non-hydrogen) atoms. The maximum absolute atomic E-state index is 14.7. The summed E-state index contributed by atoms with van der Waals surface area (Å²) in [5.74, 6) is 0.0207. The van der Waals surface area contributed by atoms with Crippen LogP contribution in [-0.2, 0) is 4.79 Å². The summed E-state index contributed by atoms with van der Waals surface area (Å²) in [6.45, 7) is 6.46. The zero-order valence-corrected chi connectivity index (χ0v) is 15.6. The van der Waals surface area contributed by atoms with E-state index in [1.165, 1.54) is 12.2 Å². The average molecular weight is 370 g/mol. The fraction of sp³-hybridized carbons (Fsp3) is 0.421. The first-order valence-corrected chi connectivity index (χ1v) is 8.76. The van der Waals surface area contributed by atoms with Crippen LogP contribution < -0.4 is 5.32 Å². The van der Waals surface area contributed by atoms with Crippen molar-refractivity contribution in [2.24, 2.45) is 5.92 Å². The first-order valence-electron chi connectivity index (χ1n) is 8.00. The molecule has 2 atom stereocenters. The van der Waals surface area contributed by atoms with Gasteiger partial charge in [0.2, 0.25) is 5.91 Å². The van der Waals surface area contributed by atoms with Crippen molar-refractivity contribution in [3.8, 4) is 0 Å². The summed E-state index contributed by atoms with van der Waals surface area (Å²) >= 11 is 11.9. The van der Waals surface area contributed by atoms with E-state index >= 15 is 0 Å². The van der Waals surface area contributed by atoms with Gasteiger partial charge in [-0.25, -0.2) is 4.39 Å². The zero-order valence-electron chi connectivity index (χ0n) is 14.1. The highest BCUT2D eigenvalue weighted by Gasteiger charge is 2.54. The van der Waals surface area contributed by atoms with Gasteiger partial charge in [-0.05, 0) is 48.6 Å². The molecule has 1 N–H and O–H groups in total. The Morgan fingerprint density at radius 1 is 1.42 bits per heavy atom. The fourth-order valence-electron chi connectivity index (χ4n) is 2.44. The fourth-order valence-corrected chi connectivity index (χ4v) is 2.75. The molecule has 5 heteroatoms. The van der Waals surface area contributed by atoms with E-state index in [0.717, 1.165) is 5.56 Å². The van der Waals surface area contributed by atoms with Crippen molar-refractivity contribution in [2.45, 2.75) is 38.8 Å². The summed E-state index contributed by atoms with van der Waals surface area (Å²) in [6, 6.07) is 5.20. The number of amides is 1. The second-order valence-electron chi connectivity index (χ2n) is 6.72. The van der Waals surface area contributed by atoms with E-state index in [1.54, 1.807) is 31.2 Å². The Labute approximate surface area is 152 Å². The molecule has 0 aromatic heterocycles. The van der Waals surface area contributed by atoms with Crippen LogP contribution in [-0.4, -0.2) is 18.1 Å². The van der Waals surface area contributed by atoms with Crippen LogP contribution in [0, 0.1) is 5.92 Å². The molecule has 2 rings (SSSR count). The van der Waals surface area contributed by atoms with Crippen LogP contribution in [0.4, 0.5) is 4.39 Å². The van der Waals surface area contributed by atoms with Crippen molar-refractivity contribution in [2.75, 3.05) is 6.54 Å². The maximum Gasteiger partial charge on any atom is 0.244 e. The molecule has 1 aromatic rings. The molecule has 1 aliphatic rings. The summed E-state index contributed by atoms with van der Waals surface area (Å²) in [5.41, 5.74) is 0.168. The topological polar surface area (TPSA) is 29.1 Å². The lowest BCUT2D eigenvalue weighted by molar-refractivity contribution is -0.116. The molecule has 0 bridgehead atoms. The molecule has 1 aromatic carbocycles. The summed E-state index contributed by atoms with van der Waals surface area (Å²) in [4.78, 5) is 11.7. The van der Waals surface area contributed by atoms with Crippen molar-refractivity contribution in [1.82, 2.24) is 5.32 Å². The second kappa shape index (κ2) is 7.71. The van der Waals surface area contributed by atoms with Gasteiger partial charge >= 0.3 is 0 Å². The van der Waals surface area contributed by atoms with E-state index in [2.05, 4.69) is 5.32 Å². The van der Waals surface area contributed by atoms with Gasteiger partial charge in [-0.15, -0.1) is 0 Å². The monoisotopic (exact) mass is 369 g/mol. The SMILES string of the molecule is CC(/C=C/C1(F)CC1c1ccc(Cl)c(Cl)c1)=C\C(=O)NCC(C)C. The van der Waals surface area contributed by atoms with Crippen LogP contribution in [0.25, 0.3) is 0 Å². The molecule has 130 valence electrons. The minimum absolute atomic E-state index is 0.157. The third kappa shape index (κ3) is 5.09. The molecular formula is C19H22Cl2FNO. The van der Waals surface area contributed by atoms with E-state index in [-0.39, 0.29) is 11.8 Å². The highest BCUT2D eigenvalue weighted by Crippen LogP contribution is 2.56. The average Bonchev–Trinajstić information content (AvgIpc) is 3.18. The first kappa shape index (κ1) is 19.0. The number of halogens is 3. The Kier molecular flexibility index (Phi) is 6.11. The van der Waals surface area contributed by atoms with Gasteiger partial charge < -0.3 is 5.32 Å². The van der Waals surface area contributed by atoms with Crippen LogP contribution in [0.5, 0.6) is 0 Å². The van der Waals surface area contributed by atoms with Gasteiger partial charge in [-0.1, -0.05) is 49.2 Å². The van der Waals surface area contributed by atoms with Crippen molar-refractivity contribution < 1.29 is 9.18 Å². The molecule has 2 nitrogen and oxygen atoms in total. The largest absolute Gasteiger partial charge is 0.352 e. The minimum atomic E-state index is -1.39. The second-order valence-corrected chi connectivity index (χ2v) is 7.53. The predicted octanol–water partition coefficient (Wildman–Crippen LogP) is 5.46. The molecule has 0 saturated heterocycles. The number of hydrogen-bond acceptors (Lipinski definition) is 1. The molecule has 0 heterocycles. The third-order valence-electron chi connectivity index (χ3n) is 3.95. The van der Waals surface area contributed by atoms with Crippen LogP contribution in [0.15, 0.2) is 42.0 Å². The van der Waals surface area contributed by atoms with Crippen LogP contribution in [0.3, 0.4) is 0 Å².